The summed E-state index contributed by atoms with van der Waals surface area (Å²) in [6, 6.07) is 4.20. The number of fused-ring (bicyclic) bond motifs is 1. The van der Waals surface area contributed by atoms with Gasteiger partial charge in [0.1, 0.15) is 18.0 Å². The molecular formula is C10H9NO5. The second-order valence-electron chi connectivity index (χ2n) is 3.31. The fourth-order valence-corrected chi connectivity index (χ4v) is 1.50. The molecule has 1 amide bonds. The van der Waals surface area contributed by atoms with Crippen LogP contribution in [0.3, 0.4) is 0 Å². The summed E-state index contributed by atoms with van der Waals surface area (Å²) in [6.45, 7) is -0.635. The minimum absolute atomic E-state index is 0.0487. The average Bonchev–Trinajstić information content (AvgIpc) is 2.22. The standard InChI is InChI=1S/C10H9NO5/c12-6-1-2-8-7(3-6)11(4-10(14)15)9(13)5-16-8/h1-3,12H,4-5H2,(H,14,15). The highest BCUT2D eigenvalue weighted by Crippen LogP contribution is 2.34. The maximum Gasteiger partial charge on any atom is 0.323 e. The van der Waals surface area contributed by atoms with Crippen molar-refractivity contribution in [3.05, 3.63) is 18.2 Å². The number of carboxylic acid groups (broad SMARTS) is 1. The van der Waals surface area contributed by atoms with Crippen molar-refractivity contribution in [2.75, 3.05) is 18.1 Å². The highest BCUT2D eigenvalue weighted by atomic mass is 16.5. The van der Waals surface area contributed by atoms with Gasteiger partial charge >= 0.3 is 5.97 Å². The summed E-state index contributed by atoms with van der Waals surface area (Å²) < 4.78 is 5.11. The first-order valence-corrected chi connectivity index (χ1v) is 4.56. The zero-order valence-electron chi connectivity index (χ0n) is 8.21. The number of hydrogen-bond donors (Lipinski definition) is 2. The third kappa shape index (κ3) is 1.77. The van der Waals surface area contributed by atoms with Crippen LogP contribution in [0.25, 0.3) is 0 Å². The Morgan fingerprint density at radius 2 is 2.25 bits per heavy atom. The smallest absolute Gasteiger partial charge is 0.323 e. The molecule has 84 valence electrons. The number of nitrogens with zero attached hydrogens (tertiary/aromatic N) is 1. The van der Waals surface area contributed by atoms with Gasteiger partial charge in [-0.15, -0.1) is 0 Å². The number of phenols is 1. The van der Waals surface area contributed by atoms with Gasteiger partial charge in [-0.2, -0.15) is 0 Å². The van der Waals surface area contributed by atoms with Gasteiger partial charge in [0.25, 0.3) is 5.91 Å². The second kappa shape index (κ2) is 3.73. The van der Waals surface area contributed by atoms with E-state index in [1.54, 1.807) is 0 Å². The molecular weight excluding hydrogens is 214 g/mol. The zero-order valence-corrected chi connectivity index (χ0v) is 8.21. The summed E-state index contributed by atoms with van der Waals surface area (Å²) in [5, 5.41) is 18.0. The van der Waals surface area contributed by atoms with Gasteiger partial charge in [0, 0.05) is 6.07 Å². The number of aromatic hydroxyl groups is 1. The van der Waals surface area contributed by atoms with Gasteiger partial charge < -0.3 is 14.9 Å². The number of anilines is 1. The van der Waals surface area contributed by atoms with Crippen LogP contribution in [0.15, 0.2) is 18.2 Å². The Bertz CT molecular complexity index is 457. The SMILES string of the molecule is O=C(O)CN1C(=O)COc2ccc(O)cc21. The van der Waals surface area contributed by atoms with Crippen molar-refractivity contribution in [2.45, 2.75) is 0 Å². The van der Waals surface area contributed by atoms with Crippen LogP contribution in [0.2, 0.25) is 0 Å². The van der Waals surface area contributed by atoms with Crippen LogP contribution >= 0.6 is 0 Å². The van der Waals surface area contributed by atoms with Crippen molar-refractivity contribution >= 4 is 17.6 Å². The Morgan fingerprint density at radius 1 is 1.50 bits per heavy atom. The Kier molecular flexibility index (Phi) is 2.40. The van der Waals surface area contributed by atoms with E-state index in [0.29, 0.717) is 5.75 Å². The number of phenolic OH excluding ortho intramolecular Hbond substituents is 1. The molecule has 1 aliphatic rings. The van der Waals surface area contributed by atoms with Crippen molar-refractivity contribution in [3.63, 3.8) is 0 Å². The van der Waals surface area contributed by atoms with E-state index in [1.807, 2.05) is 0 Å². The van der Waals surface area contributed by atoms with E-state index in [-0.39, 0.29) is 18.0 Å². The van der Waals surface area contributed by atoms with E-state index in [2.05, 4.69) is 0 Å². The molecule has 1 aromatic carbocycles. The van der Waals surface area contributed by atoms with Crippen LogP contribution in [0.5, 0.6) is 11.5 Å². The van der Waals surface area contributed by atoms with Gasteiger partial charge in [0.15, 0.2) is 6.61 Å². The van der Waals surface area contributed by atoms with Crippen LogP contribution in [0.4, 0.5) is 5.69 Å². The van der Waals surface area contributed by atoms with E-state index < -0.39 is 18.4 Å². The third-order valence-electron chi connectivity index (χ3n) is 2.18. The molecule has 0 fully saturated rings. The Hall–Kier alpha value is -2.24. The molecule has 6 nitrogen and oxygen atoms in total. The van der Waals surface area contributed by atoms with Crippen LogP contribution in [-0.4, -0.2) is 35.2 Å². The van der Waals surface area contributed by atoms with Crippen molar-refractivity contribution in [2.24, 2.45) is 0 Å². The average molecular weight is 223 g/mol. The number of amides is 1. The molecule has 1 heterocycles. The predicted molar refractivity (Wildman–Crippen MR) is 53.6 cm³/mol. The van der Waals surface area contributed by atoms with Crippen molar-refractivity contribution in [1.29, 1.82) is 0 Å². The van der Waals surface area contributed by atoms with Gasteiger partial charge in [0.05, 0.1) is 5.69 Å². The molecule has 0 aromatic heterocycles. The maximum atomic E-state index is 11.5. The molecule has 0 atom stereocenters. The first-order valence-electron chi connectivity index (χ1n) is 4.56. The van der Waals surface area contributed by atoms with Gasteiger partial charge in [-0.3, -0.25) is 14.5 Å². The van der Waals surface area contributed by atoms with E-state index in [4.69, 9.17) is 9.84 Å². The maximum absolute atomic E-state index is 11.5. The monoisotopic (exact) mass is 223 g/mol. The van der Waals surface area contributed by atoms with Crippen LogP contribution in [0.1, 0.15) is 0 Å². The zero-order chi connectivity index (χ0) is 11.7. The van der Waals surface area contributed by atoms with Gasteiger partial charge in [-0.25, -0.2) is 0 Å². The molecule has 0 radical (unpaired) electrons. The molecule has 0 saturated carbocycles. The van der Waals surface area contributed by atoms with Crippen LogP contribution < -0.4 is 9.64 Å². The molecule has 16 heavy (non-hydrogen) atoms. The molecule has 0 spiro atoms. The van der Waals surface area contributed by atoms with Gasteiger partial charge in [-0.05, 0) is 12.1 Å². The van der Waals surface area contributed by atoms with Gasteiger partial charge in [0.2, 0.25) is 0 Å². The molecule has 0 bridgehead atoms. The summed E-state index contributed by atoms with van der Waals surface area (Å²) >= 11 is 0. The highest BCUT2D eigenvalue weighted by Gasteiger charge is 2.27. The summed E-state index contributed by atoms with van der Waals surface area (Å²) in [5.74, 6) is -1.23. The molecule has 1 aliphatic heterocycles. The molecule has 2 N–H and O–H groups in total. The lowest BCUT2D eigenvalue weighted by Crippen LogP contribution is -2.41. The fraction of sp³-hybridized carbons (Fsp3) is 0.200. The van der Waals surface area contributed by atoms with Crippen molar-refractivity contribution < 1.29 is 24.5 Å². The fourth-order valence-electron chi connectivity index (χ4n) is 1.50. The van der Waals surface area contributed by atoms with Crippen LogP contribution in [0, 0.1) is 0 Å². The van der Waals surface area contributed by atoms with E-state index >= 15 is 0 Å². The number of rotatable bonds is 2. The van der Waals surface area contributed by atoms with Crippen molar-refractivity contribution in [1.82, 2.24) is 0 Å². The van der Waals surface area contributed by atoms with E-state index in [9.17, 15) is 14.7 Å². The summed E-state index contributed by atoms with van der Waals surface area (Å²) in [4.78, 5) is 23.1. The van der Waals surface area contributed by atoms with Crippen LogP contribution in [-0.2, 0) is 9.59 Å². The minimum Gasteiger partial charge on any atom is -0.508 e. The Morgan fingerprint density at radius 3 is 2.94 bits per heavy atom. The van der Waals surface area contributed by atoms with Gasteiger partial charge in [-0.1, -0.05) is 0 Å². The normalized spacial score (nSPS) is 14.2. The number of carboxylic acids is 1. The molecule has 0 saturated heterocycles. The number of carbonyl (C=O) groups excluding carboxylic acids is 1. The van der Waals surface area contributed by atoms with E-state index in [0.717, 1.165) is 4.90 Å². The second-order valence-corrected chi connectivity index (χ2v) is 3.31. The summed E-state index contributed by atoms with van der Waals surface area (Å²) in [5.41, 5.74) is 0.277. The lowest BCUT2D eigenvalue weighted by molar-refractivity contribution is -0.137. The molecule has 0 unspecified atom stereocenters. The lowest BCUT2D eigenvalue weighted by atomic mass is 10.2. The molecule has 2 rings (SSSR count). The largest absolute Gasteiger partial charge is 0.508 e. The molecule has 6 heteroatoms. The quantitative estimate of drug-likeness (QED) is 0.747. The highest BCUT2D eigenvalue weighted by molar-refractivity contribution is 6.01. The molecule has 1 aromatic rings. The first-order chi connectivity index (χ1) is 7.58. The Labute approximate surface area is 90.7 Å². The molecule has 0 aliphatic carbocycles. The summed E-state index contributed by atoms with van der Waals surface area (Å²) in [6.07, 6.45) is 0. The number of ether oxygens (including phenoxy) is 1. The predicted octanol–water partition coefficient (Wildman–Crippen LogP) is 0.202. The first kappa shape index (κ1) is 10.3. The minimum atomic E-state index is -1.12. The summed E-state index contributed by atoms with van der Waals surface area (Å²) in [7, 11) is 0. The number of aliphatic carboxylic acids is 1. The van der Waals surface area contributed by atoms with E-state index in [1.165, 1.54) is 18.2 Å². The number of hydrogen-bond acceptors (Lipinski definition) is 4. The lowest BCUT2D eigenvalue weighted by Gasteiger charge is -2.27. The third-order valence-corrected chi connectivity index (χ3v) is 2.18. The number of carbonyl (C=O) groups is 2. The number of benzene rings is 1. The Balaban J connectivity index is 2.42. The topological polar surface area (TPSA) is 87.1 Å². The van der Waals surface area contributed by atoms with Crippen molar-refractivity contribution in [3.8, 4) is 11.5 Å².